The van der Waals surface area contributed by atoms with E-state index in [0.29, 0.717) is 13.1 Å². The number of aryl methyl sites for hydroxylation is 2. The number of carbonyl (C=O) groups excluding carboxylic acids is 1. The summed E-state index contributed by atoms with van der Waals surface area (Å²) in [5.41, 5.74) is 7.32. The molecule has 9 nitrogen and oxygen atoms in total. The van der Waals surface area contributed by atoms with Crippen LogP contribution >= 0.6 is 11.8 Å². The van der Waals surface area contributed by atoms with Gasteiger partial charge in [-0.25, -0.2) is 9.78 Å². The van der Waals surface area contributed by atoms with Crippen molar-refractivity contribution in [2.24, 2.45) is 14.1 Å². The number of benzene rings is 1. The van der Waals surface area contributed by atoms with Gasteiger partial charge in [-0.15, -0.1) is 0 Å². The van der Waals surface area contributed by atoms with Crippen molar-refractivity contribution in [2.75, 3.05) is 25.1 Å². The number of fused-ring (bicyclic) bond motifs is 2. The van der Waals surface area contributed by atoms with Gasteiger partial charge in [-0.2, -0.15) is 22.0 Å². The molecule has 10 heteroatoms. The van der Waals surface area contributed by atoms with Crippen LogP contribution < -0.4 is 5.32 Å². The van der Waals surface area contributed by atoms with Crippen molar-refractivity contribution in [3.63, 3.8) is 0 Å². The largest absolute Gasteiger partial charge is 0.341 e. The van der Waals surface area contributed by atoms with Crippen LogP contribution in [0.1, 0.15) is 17.9 Å². The van der Waals surface area contributed by atoms with Crippen LogP contribution in [0.4, 0.5) is 4.79 Å². The first kappa shape index (κ1) is 22.0. The quantitative estimate of drug-likeness (QED) is 0.477. The number of urea groups is 1. The zero-order chi connectivity index (χ0) is 24.1. The molecule has 1 N–H and O–H groups in total. The van der Waals surface area contributed by atoms with E-state index in [1.165, 1.54) is 5.57 Å². The molecule has 0 fully saturated rings. The number of nitrogens with zero attached hydrogens (tertiary/aromatic N) is 7. The highest BCUT2D eigenvalue weighted by molar-refractivity contribution is 7.99. The summed E-state index contributed by atoms with van der Waals surface area (Å²) in [6.45, 7) is 1.94. The summed E-state index contributed by atoms with van der Waals surface area (Å²) < 4.78 is 6.03. The lowest BCUT2D eigenvalue weighted by Crippen LogP contribution is -2.43. The second-order valence-corrected chi connectivity index (χ2v) is 10.2. The molecule has 2 amide bonds. The lowest BCUT2D eigenvalue weighted by atomic mass is 10.0. The van der Waals surface area contributed by atoms with Crippen molar-refractivity contribution in [2.45, 2.75) is 19.5 Å². The van der Waals surface area contributed by atoms with Gasteiger partial charge in [0.05, 0.1) is 29.6 Å². The van der Waals surface area contributed by atoms with Crippen molar-refractivity contribution in [3.8, 4) is 22.5 Å². The lowest BCUT2D eigenvalue weighted by molar-refractivity contribution is 0.185. The first-order valence-corrected chi connectivity index (χ1v) is 13.0. The van der Waals surface area contributed by atoms with Crippen molar-refractivity contribution >= 4 is 34.3 Å². The van der Waals surface area contributed by atoms with E-state index in [1.54, 1.807) is 11.7 Å². The molecule has 0 spiro atoms. The summed E-state index contributed by atoms with van der Waals surface area (Å²) in [7, 11) is 5.56. The molecule has 3 aromatic heterocycles. The lowest BCUT2D eigenvalue weighted by Gasteiger charge is -2.29. The third kappa shape index (κ3) is 3.72. The Morgan fingerprint density at radius 2 is 2.03 bits per heavy atom. The molecule has 1 aromatic carbocycles. The molecule has 0 bridgehead atoms. The Balaban J connectivity index is 1.51. The Morgan fingerprint density at radius 1 is 1.14 bits per heavy atom. The van der Waals surface area contributed by atoms with Crippen LogP contribution in [-0.2, 0) is 27.2 Å². The standard InChI is InChI=1S/C25H28N8OS/c1-26-25(34)32-8-9-33-21(15-32)23(28-24(33)16-6-10-35-11-7-16)17-4-5-20-19(12-17)22(29-31(20)3)18-13-27-30(2)14-18/h4-6,12-14H,7-11,15H2,1-3H3,(H,26,34). The molecular formula is C25H28N8OS. The molecular weight excluding hydrogens is 460 g/mol. The van der Waals surface area contributed by atoms with E-state index in [1.807, 2.05) is 47.8 Å². The predicted octanol–water partition coefficient (Wildman–Crippen LogP) is 3.51. The number of hydrogen-bond acceptors (Lipinski definition) is 5. The van der Waals surface area contributed by atoms with E-state index < -0.39 is 0 Å². The van der Waals surface area contributed by atoms with E-state index in [-0.39, 0.29) is 6.03 Å². The molecule has 0 radical (unpaired) electrons. The minimum Gasteiger partial charge on any atom is -0.341 e. The van der Waals surface area contributed by atoms with E-state index in [0.717, 1.165) is 69.4 Å². The van der Waals surface area contributed by atoms with Crippen LogP contribution in [0, 0.1) is 0 Å². The molecule has 2 aliphatic heterocycles. The fraction of sp³-hybridized carbons (Fsp3) is 0.360. The average Bonchev–Trinajstić information content (AvgIpc) is 3.58. The fourth-order valence-electron chi connectivity index (χ4n) is 5.08. The molecule has 0 unspecified atom stereocenters. The van der Waals surface area contributed by atoms with Crippen LogP contribution in [0.25, 0.3) is 39.0 Å². The number of nitrogens with one attached hydrogen (secondary N) is 1. The van der Waals surface area contributed by atoms with Gasteiger partial charge < -0.3 is 14.8 Å². The van der Waals surface area contributed by atoms with Gasteiger partial charge in [-0.05, 0) is 29.9 Å². The number of aromatic nitrogens is 6. The maximum absolute atomic E-state index is 12.5. The normalized spacial score (nSPS) is 15.9. The zero-order valence-corrected chi connectivity index (χ0v) is 21.0. The molecule has 0 saturated carbocycles. The van der Waals surface area contributed by atoms with Gasteiger partial charge in [0, 0.05) is 62.7 Å². The first-order valence-electron chi connectivity index (χ1n) is 11.8. The van der Waals surface area contributed by atoms with Crippen LogP contribution in [-0.4, -0.2) is 65.1 Å². The Bertz CT molecular complexity index is 1480. The van der Waals surface area contributed by atoms with E-state index in [4.69, 9.17) is 10.1 Å². The van der Waals surface area contributed by atoms with Crippen molar-refractivity contribution in [1.82, 2.24) is 39.3 Å². The Morgan fingerprint density at radius 3 is 2.77 bits per heavy atom. The number of imidazole rings is 1. The fourth-order valence-corrected chi connectivity index (χ4v) is 5.93. The van der Waals surface area contributed by atoms with E-state index in [9.17, 15) is 4.79 Å². The van der Waals surface area contributed by atoms with Crippen molar-refractivity contribution in [1.29, 1.82) is 0 Å². The Labute approximate surface area is 207 Å². The maximum atomic E-state index is 12.5. The highest BCUT2D eigenvalue weighted by Gasteiger charge is 2.29. The van der Waals surface area contributed by atoms with Crippen molar-refractivity contribution < 1.29 is 4.79 Å². The number of hydrogen-bond donors (Lipinski definition) is 1. The zero-order valence-electron chi connectivity index (χ0n) is 20.2. The highest BCUT2D eigenvalue weighted by atomic mass is 32.2. The monoisotopic (exact) mass is 488 g/mol. The molecule has 2 aliphatic rings. The summed E-state index contributed by atoms with van der Waals surface area (Å²) in [6, 6.07) is 6.36. The van der Waals surface area contributed by atoms with Gasteiger partial charge in [0.15, 0.2) is 0 Å². The molecule has 35 heavy (non-hydrogen) atoms. The van der Waals surface area contributed by atoms with E-state index >= 15 is 0 Å². The van der Waals surface area contributed by atoms with Gasteiger partial charge in [0.2, 0.25) is 0 Å². The van der Waals surface area contributed by atoms with E-state index in [2.05, 4.69) is 39.3 Å². The summed E-state index contributed by atoms with van der Waals surface area (Å²) in [6.07, 6.45) is 7.16. The minimum atomic E-state index is -0.0557. The van der Waals surface area contributed by atoms with Crippen LogP contribution in [0.2, 0.25) is 0 Å². The summed E-state index contributed by atoms with van der Waals surface area (Å²) >= 11 is 1.96. The van der Waals surface area contributed by atoms with Crippen LogP contribution in [0.5, 0.6) is 0 Å². The summed E-state index contributed by atoms with van der Waals surface area (Å²) in [4.78, 5) is 19.5. The molecule has 180 valence electrons. The number of rotatable bonds is 3. The average molecular weight is 489 g/mol. The van der Waals surface area contributed by atoms with Gasteiger partial charge in [0.1, 0.15) is 11.5 Å². The SMILES string of the molecule is CNC(=O)N1CCn2c(C3=CCSCC3)nc(-c3ccc4c(c3)c(-c3cnn(C)c3)nn4C)c2C1. The van der Waals surface area contributed by atoms with Crippen LogP contribution in [0.3, 0.4) is 0 Å². The number of allylic oxidation sites excluding steroid dienone is 1. The Hall–Kier alpha value is -3.53. The van der Waals surface area contributed by atoms with Gasteiger partial charge in [0.25, 0.3) is 0 Å². The Kier molecular flexibility index (Phi) is 5.40. The highest BCUT2D eigenvalue weighted by Crippen LogP contribution is 2.36. The predicted molar refractivity (Wildman–Crippen MR) is 139 cm³/mol. The first-order chi connectivity index (χ1) is 17.0. The second kappa shape index (κ2) is 8.60. The molecule has 0 aliphatic carbocycles. The third-order valence-electron chi connectivity index (χ3n) is 6.86. The number of carbonyl (C=O) groups is 1. The molecule has 6 rings (SSSR count). The maximum Gasteiger partial charge on any atom is 0.317 e. The van der Waals surface area contributed by atoms with Crippen LogP contribution in [0.15, 0.2) is 36.7 Å². The second-order valence-electron chi connectivity index (χ2n) is 9.02. The summed E-state index contributed by atoms with van der Waals surface area (Å²) in [5, 5.41) is 13.0. The smallest absolute Gasteiger partial charge is 0.317 e. The topological polar surface area (TPSA) is 85.8 Å². The van der Waals surface area contributed by atoms with Gasteiger partial charge in [-0.1, -0.05) is 12.1 Å². The molecule has 0 atom stereocenters. The number of thioether (sulfide) groups is 1. The van der Waals surface area contributed by atoms with Gasteiger partial charge in [-0.3, -0.25) is 9.36 Å². The molecule has 4 aromatic rings. The minimum absolute atomic E-state index is 0.0557. The molecule has 5 heterocycles. The van der Waals surface area contributed by atoms with Gasteiger partial charge >= 0.3 is 6.03 Å². The molecule has 0 saturated heterocycles. The third-order valence-corrected chi connectivity index (χ3v) is 7.76. The summed E-state index contributed by atoms with van der Waals surface area (Å²) in [5.74, 6) is 3.18. The van der Waals surface area contributed by atoms with Crippen molar-refractivity contribution in [3.05, 3.63) is 48.2 Å². The number of amides is 2.